The average Bonchev–Trinajstić information content (AvgIpc) is 2.80. The zero-order valence-electron chi connectivity index (χ0n) is 17.8. The van der Waals surface area contributed by atoms with Gasteiger partial charge in [0, 0.05) is 22.7 Å². The molecule has 0 aromatic heterocycles. The first-order valence-electron chi connectivity index (χ1n) is 10.1. The number of carbonyl (C=O) groups is 1. The number of amides is 1. The molecule has 1 N–H and O–H groups in total. The van der Waals surface area contributed by atoms with Crippen molar-refractivity contribution in [3.63, 3.8) is 0 Å². The molecule has 0 bridgehead atoms. The van der Waals surface area contributed by atoms with Crippen molar-refractivity contribution >= 4 is 29.3 Å². The standard InChI is InChI=1S/C26H22ClFN2O2/c1-3-18-8-5-7-11-24(18)30-26(31)20(16-29)12-17-13-22(27)21(25(14-17)32-2)15-19-9-4-6-10-23(19)28/h4-14H,3,15H2,1-2H3,(H,30,31)/b20-12+. The van der Waals surface area contributed by atoms with E-state index < -0.39 is 5.91 Å². The van der Waals surface area contributed by atoms with Gasteiger partial charge in [-0.15, -0.1) is 0 Å². The molecule has 0 heterocycles. The Morgan fingerprint density at radius 3 is 2.50 bits per heavy atom. The number of nitrogens with one attached hydrogen (secondary N) is 1. The summed E-state index contributed by atoms with van der Waals surface area (Å²) in [5.41, 5.74) is 3.20. The number of rotatable bonds is 7. The molecule has 0 radical (unpaired) electrons. The summed E-state index contributed by atoms with van der Waals surface area (Å²) >= 11 is 6.48. The minimum absolute atomic E-state index is 0.0733. The van der Waals surface area contributed by atoms with E-state index in [0.717, 1.165) is 12.0 Å². The number of aryl methyl sites for hydroxylation is 1. The molecule has 3 aromatic carbocycles. The summed E-state index contributed by atoms with van der Waals surface area (Å²) in [5.74, 6) is -0.398. The minimum Gasteiger partial charge on any atom is -0.496 e. The van der Waals surface area contributed by atoms with E-state index in [2.05, 4.69) is 5.32 Å². The van der Waals surface area contributed by atoms with E-state index in [9.17, 15) is 14.4 Å². The molecular weight excluding hydrogens is 427 g/mol. The van der Waals surface area contributed by atoms with Gasteiger partial charge in [0.15, 0.2) is 0 Å². The summed E-state index contributed by atoms with van der Waals surface area (Å²) in [6.45, 7) is 1.99. The van der Waals surface area contributed by atoms with Gasteiger partial charge in [-0.2, -0.15) is 5.26 Å². The maximum Gasteiger partial charge on any atom is 0.266 e. The number of hydrogen-bond acceptors (Lipinski definition) is 3. The highest BCUT2D eigenvalue weighted by molar-refractivity contribution is 6.31. The molecule has 0 atom stereocenters. The van der Waals surface area contributed by atoms with E-state index in [4.69, 9.17) is 16.3 Å². The summed E-state index contributed by atoms with van der Waals surface area (Å²) in [4.78, 5) is 12.7. The van der Waals surface area contributed by atoms with Gasteiger partial charge in [-0.25, -0.2) is 4.39 Å². The number of benzene rings is 3. The highest BCUT2D eigenvalue weighted by Crippen LogP contribution is 2.32. The Labute approximate surface area is 191 Å². The predicted molar refractivity (Wildman–Crippen MR) is 125 cm³/mol. The fraction of sp³-hybridized carbons (Fsp3) is 0.154. The van der Waals surface area contributed by atoms with Crippen LogP contribution in [-0.2, 0) is 17.6 Å². The Hall–Kier alpha value is -3.62. The Morgan fingerprint density at radius 1 is 1.16 bits per heavy atom. The Balaban J connectivity index is 1.91. The number of hydrogen-bond donors (Lipinski definition) is 1. The summed E-state index contributed by atoms with van der Waals surface area (Å²) in [6.07, 6.45) is 2.45. The van der Waals surface area contributed by atoms with Crippen LogP contribution in [0.5, 0.6) is 5.75 Å². The van der Waals surface area contributed by atoms with Crippen molar-refractivity contribution in [2.45, 2.75) is 19.8 Å². The molecule has 0 aliphatic carbocycles. The lowest BCUT2D eigenvalue weighted by molar-refractivity contribution is -0.112. The lowest BCUT2D eigenvalue weighted by Gasteiger charge is -2.13. The van der Waals surface area contributed by atoms with Gasteiger partial charge >= 0.3 is 0 Å². The second-order valence-electron chi connectivity index (χ2n) is 7.09. The molecule has 6 heteroatoms. The molecule has 3 aromatic rings. The maximum absolute atomic E-state index is 14.1. The second-order valence-corrected chi connectivity index (χ2v) is 7.49. The van der Waals surface area contributed by atoms with E-state index in [0.29, 0.717) is 33.1 Å². The second kappa shape index (κ2) is 10.6. The van der Waals surface area contributed by atoms with Gasteiger partial charge in [0.05, 0.1) is 7.11 Å². The number of methoxy groups -OCH3 is 1. The number of nitrogens with zero attached hydrogens (tertiary/aromatic N) is 1. The molecule has 0 aliphatic heterocycles. The van der Waals surface area contributed by atoms with E-state index >= 15 is 0 Å². The van der Waals surface area contributed by atoms with Gasteiger partial charge in [-0.3, -0.25) is 4.79 Å². The number of anilines is 1. The average molecular weight is 449 g/mol. The van der Waals surface area contributed by atoms with E-state index in [1.807, 2.05) is 31.2 Å². The van der Waals surface area contributed by atoms with Crippen molar-refractivity contribution < 1.29 is 13.9 Å². The number of ether oxygens (including phenoxy) is 1. The van der Waals surface area contributed by atoms with Crippen molar-refractivity contribution in [1.29, 1.82) is 5.26 Å². The molecule has 3 rings (SSSR count). The van der Waals surface area contributed by atoms with Crippen molar-refractivity contribution in [3.8, 4) is 11.8 Å². The van der Waals surface area contributed by atoms with Crippen molar-refractivity contribution in [2.24, 2.45) is 0 Å². The van der Waals surface area contributed by atoms with Gasteiger partial charge in [0.25, 0.3) is 5.91 Å². The molecule has 0 fully saturated rings. The SMILES string of the molecule is CCc1ccccc1NC(=O)/C(C#N)=C/c1cc(Cl)c(Cc2ccccc2F)c(OC)c1. The Morgan fingerprint density at radius 2 is 1.84 bits per heavy atom. The van der Waals surface area contributed by atoms with Crippen LogP contribution >= 0.6 is 11.6 Å². The summed E-state index contributed by atoms with van der Waals surface area (Å²) in [7, 11) is 1.49. The van der Waals surface area contributed by atoms with Crippen LogP contribution in [0.4, 0.5) is 10.1 Å². The van der Waals surface area contributed by atoms with Crippen molar-refractivity contribution in [3.05, 3.63) is 99.3 Å². The molecule has 0 unspecified atom stereocenters. The van der Waals surface area contributed by atoms with Crippen LogP contribution in [0.2, 0.25) is 5.02 Å². The monoisotopic (exact) mass is 448 g/mol. The summed E-state index contributed by atoms with van der Waals surface area (Å²) in [6, 6.07) is 19.1. The molecule has 0 saturated heterocycles. The summed E-state index contributed by atoms with van der Waals surface area (Å²) in [5, 5.41) is 12.7. The van der Waals surface area contributed by atoms with Gasteiger partial charge in [0.1, 0.15) is 23.2 Å². The van der Waals surface area contributed by atoms with E-state index in [-0.39, 0.29) is 17.8 Å². The Bertz CT molecular complexity index is 1210. The van der Waals surface area contributed by atoms with Gasteiger partial charge in [-0.1, -0.05) is 54.9 Å². The fourth-order valence-electron chi connectivity index (χ4n) is 3.36. The van der Waals surface area contributed by atoms with Crippen LogP contribution in [-0.4, -0.2) is 13.0 Å². The topological polar surface area (TPSA) is 62.1 Å². The maximum atomic E-state index is 14.1. The first-order valence-corrected chi connectivity index (χ1v) is 10.5. The van der Waals surface area contributed by atoms with Crippen LogP contribution in [0.15, 0.2) is 66.2 Å². The normalized spacial score (nSPS) is 11.0. The Kier molecular flexibility index (Phi) is 7.64. The third-order valence-corrected chi connectivity index (χ3v) is 5.38. The highest BCUT2D eigenvalue weighted by atomic mass is 35.5. The third-order valence-electron chi connectivity index (χ3n) is 5.04. The third kappa shape index (κ3) is 5.35. The highest BCUT2D eigenvalue weighted by Gasteiger charge is 2.15. The van der Waals surface area contributed by atoms with Crippen LogP contribution in [0, 0.1) is 17.1 Å². The number of nitriles is 1. The largest absolute Gasteiger partial charge is 0.496 e. The lowest BCUT2D eigenvalue weighted by Crippen LogP contribution is -2.14. The molecule has 1 amide bonds. The molecule has 4 nitrogen and oxygen atoms in total. The van der Waals surface area contributed by atoms with Crippen molar-refractivity contribution in [2.75, 3.05) is 12.4 Å². The van der Waals surface area contributed by atoms with Crippen LogP contribution in [0.25, 0.3) is 6.08 Å². The molecule has 162 valence electrons. The van der Waals surface area contributed by atoms with E-state index in [1.54, 1.807) is 36.4 Å². The first kappa shape index (κ1) is 23.1. The molecule has 32 heavy (non-hydrogen) atoms. The zero-order valence-corrected chi connectivity index (χ0v) is 18.5. The van der Waals surface area contributed by atoms with Crippen molar-refractivity contribution in [1.82, 2.24) is 0 Å². The molecule has 0 aliphatic rings. The molecule has 0 spiro atoms. The fourth-order valence-corrected chi connectivity index (χ4v) is 3.64. The van der Waals surface area contributed by atoms with Gasteiger partial charge < -0.3 is 10.1 Å². The van der Waals surface area contributed by atoms with Crippen LogP contribution in [0.1, 0.15) is 29.2 Å². The molecule has 0 saturated carbocycles. The van der Waals surface area contributed by atoms with Gasteiger partial charge in [-0.05, 0) is 53.5 Å². The number of para-hydroxylation sites is 1. The van der Waals surface area contributed by atoms with Crippen LogP contribution in [0.3, 0.4) is 0 Å². The smallest absolute Gasteiger partial charge is 0.266 e. The van der Waals surface area contributed by atoms with E-state index in [1.165, 1.54) is 19.3 Å². The minimum atomic E-state index is -0.515. The molecular formula is C26H22ClFN2O2. The summed E-state index contributed by atoms with van der Waals surface area (Å²) < 4.78 is 19.5. The van der Waals surface area contributed by atoms with Gasteiger partial charge in [0.2, 0.25) is 0 Å². The van der Waals surface area contributed by atoms with Crippen LogP contribution < -0.4 is 10.1 Å². The first-order chi connectivity index (χ1) is 15.5. The number of halogens is 2. The predicted octanol–water partition coefficient (Wildman–Crippen LogP) is 6.19. The zero-order chi connectivity index (χ0) is 23.1. The number of carbonyl (C=O) groups excluding carboxylic acids is 1. The quantitative estimate of drug-likeness (QED) is 0.346. The lowest BCUT2D eigenvalue weighted by atomic mass is 10.0.